The molecule has 4 nitrogen and oxygen atoms in total. The van der Waals surface area contributed by atoms with Gasteiger partial charge in [-0.05, 0) is 38.1 Å². The van der Waals surface area contributed by atoms with Gasteiger partial charge in [-0.3, -0.25) is 4.79 Å². The average Bonchev–Trinajstić information content (AvgIpc) is 2.38. The van der Waals surface area contributed by atoms with Crippen LogP contribution in [-0.2, 0) is 4.79 Å². The van der Waals surface area contributed by atoms with Gasteiger partial charge in [-0.15, -0.1) is 0 Å². The van der Waals surface area contributed by atoms with Crippen LogP contribution in [0.5, 0.6) is 11.5 Å². The van der Waals surface area contributed by atoms with E-state index in [1.807, 2.05) is 62.4 Å². The highest BCUT2D eigenvalue weighted by Crippen LogP contribution is 2.24. The van der Waals surface area contributed by atoms with Gasteiger partial charge in [0.15, 0.2) is 0 Å². The van der Waals surface area contributed by atoms with Gasteiger partial charge in [-0.25, -0.2) is 0 Å². The molecule has 2 rings (SSSR count). The Bertz CT molecular complexity index is 604. The van der Waals surface area contributed by atoms with Crippen LogP contribution in [0.3, 0.4) is 0 Å². The Morgan fingerprint density at radius 2 is 1.76 bits per heavy atom. The standard InChI is InChI=1S/C17H20N2O2/c1-17(2,18)12-16(20)19-13-7-6-10-15(11-13)21-14-8-4-3-5-9-14/h3-11H,12,18H2,1-2H3,(H,19,20). The summed E-state index contributed by atoms with van der Waals surface area (Å²) < 4.78 is 5.73. The van der Waals surface area contributed by atoms with E-state index in [0.717, 1.165) is 5.75 Å². The summed E-state index contributed by atoms with van der Waals surface area (Å²) >= 11 is 0. The number of carbonyl (C=O) groups excluding carboxylic acids is 1. The predicted molar refractivity (Wildman–Crippen MR) is 84.5 cm³/mol. The fourth-order valence-electron chi connectivity index (χ4n) is 1.88. The van der Waals surface area contributed by atoms with Crippen molar-refractivity contribution >= 4 is 11.6 Å². The first-order valence-electron chi connectivity index (χ1n) is 6.84. The molecule has 0 heterocycles. The van der Waals surface area contributed by atoms with Crippen LogP contribution in [0.25, 0.3) is 0 Å². The van der Waals surface area contributed by atoms with Gasteiger partial charge >= 0.3 is 0 Å². The van der Waals surface area contributed by atoms with Gasteiger partial charge in [0.2, 0.25) is 5.91 Å². The van der Waals surface area contributed by atoms with Crippen molar-refractivity contribution < 1.29 is 9.53 Å². The quantitative estimate of drug-likeness (QED) is 0.882. The molecule has 2 aromatic rings. The third kappa shape index (κ3) is 5.28. The number of hydrogen-bond acceptors (Lipinski definition) is 3. The molecule has 3 N–H and O–H groups in total. The molecule has 0 aromatic heterocycles. The Morgan fingerprint density at radius 1 is 1.10 bits per heavy atom. The van der Waals surface area contributed by atoms with E-state index < -0.39 is 5.54 Å². The molecule has 0 atom stereocenters. The first-order valence-corrected chi connectivity index (χ1v) is 6.84. The Hall–Kier alpha value is -2.33. The third-order valence-corrected chi connectivity index (χ3v) is 2.71. The maximum Gasteiger partial charge on any atom is 0.226 e. The minimum Gasteiger partial charge on any atom is -0.457 e. The van der Waals surface area contributed by atoms with Crippen LogP contribution in [0.1, 0.15) is 20.3 Å². The summed E-state index contributed by atoms with van der Waals surface area (Å²) in [5.41, 5.74) is 6.00. The Kier molecular flexibility index (Phi) is 4.60. The lowest BCUT2D eigenvalue weighted by Crippen LogP contribution is -2.36. The molecule has 21 heavy (non-hydrogen) atoms. The first kappa shape index (κ1) is 15.1. The van der Waals surface area contributed by atoms with E-state index in [4.69, 9.17) is 10.5 Å². The SMILES string of the molecule is CC(C)(N)CC(=O)Nc1cccc(Oc2ccccc2)c1. The van der Waals surface area contributed by atoms with Crippen molar-refractivity contribution in [3.05, 3.63) is 54.6 Å². The molecule has 0 bridgehead atoms. The molecule has 0 saturated carbocycles. The molecule has 110 valence electrons. The third-order valence-electron chi connectivity index (χ3n) is 2.71. The fourth-order valence-corrected chi connectivity index (χ4v) is 1.88. The summed E-state index contributed by atoms with van der Waals surface area (Å²) in [5, 5.41) is 2.83. The summed E-state index contributed by atoms with van der Waals surface area (Å²) in [4.78, 5) is 11.9. The van der Waals surface area contributed by atoms with Gasteiger partial charge < -0.3 is 15.8 Å². The number of ether oxygens (including phenoxy) is 1. The maximum atomic E-state index is 11.9. The highest BCUT2D eigenvalue weighted by atomic mass is 16.5. The zero-order chi connectivity index (χ0) is 15.3. The van der Waals surface area contributed by atoms with E-state index in [9.17, 15) is 4.79 Å². The van der Waals surface area contributed by atoms with Crippen LogP contribution in [0.15, 0.2) is 54.6 Å². The second kappa shape index (κ2) is 6.41. The zero-order valence-corrected chi connectivity index (χ0v) is 12.3. The van der Waals surface area contributed by atoms with Crippen LogP contribution in [-0.4, -0.2) is 11.4 Å². The number of hydrogen-bond donors (Lipinski definition) is 2. The fraction of sp³-hybridized carbons (Fsp3) is 0.235. The van der Waals surface area contributed by atoms with Crippen molar-refractivity contribution in [2.45, 2.75) is 25.8 Å². The summed E-state index contributed by atoms with van der Waals surface area (Å²) in [6, 6.07) is 16.8. The number of benzene rings is 2. The van der Waals surface area contributed by atoms with E-state index in [-0.39, 0.29) is 12.3 Å². The van der Waals surface area contributed by atoms with E-state index in [2.05, 4.69) is 5.32 Å². The van der Waals surface area contributed by atoms with E-state index in [0.29, 0.717) is 11.4 Å². The van der Waals surface area contributed by atoms with Crippen LogP contribution in [0, 0.1) is 0 Å². The Balaban J connectivity index is 2.03. The van der Waals surface area contributed by atoms with Crippen molar-refractivity contribution in [3.63, 3.8) is 0 Å². The molecule has 0 spiro atoms. The molecule has 1 amide bonds. The topological polar surface area (TPSA) is 64.4 Å². The monoisotopic (exact) mass is 284 g/mol. The zero-order valence-electron chi connectivity index (χ0n) is 12.3. The molecule has 0 aliphatic carbocycles. The number of anilines is 1. The number of nitrogens with one attached hydrogen (secondary N) is 1. The van der Waals surface area contributed by atoms with E-state index in [1.54, 1.807) is 6.07 Å². The number of nitrogens with two attached hydrogens (primary N) is 1. The maximum absolute atomic E-state index is 11.9. The Labute approximate surface area is 124 Å². The minimum absolute atomic E-state index is 0.112. The number of carbonyl (C=O) groups is 1. The highest BCUT2D eigenvalue weighted by molar-refractivity contribution is 5.91. The minimum atomic E-state index is -0.526. The normalized spacial score (nSPS) is 11.0. The lowest BCUT2D eigenvalue weighted by molar-refractivity contribution is -0.117. The molecule has 0 aliphatic heterocycles. The van der Waals surface area contributed by atoms with Crippen LogP contribution in [0.4, 0.5) is 5.69 Å². The molecule has 0 saturated heterocycles. The lowest BCUT2D eigenvalue weighted by atomic mass is 10.0. The predicted octanol–water partition coefficient (Wildman–Crippen LogP) is 3.54. The summed E-state index contributed by atoms with van der Waals surface area (Å²) in [7, 11) is 0. The lowest BCUT2D eigenvalue weighted by Gasteiger charge is -2.17. The van der Waals surface area contributed by atoms with Gasteiger partial charge in [-0.1, -0.05) is 24.3 Å². The molecular weight excluding hydrogens is 264 g/mol. The van der Waals surface area contributed by atoms with Crippen molar-refractivity contribution in [2.24, 2.45) is 5.73 Å². The summed E-state index contributed by atoms with van der Waals surface area (Å²) in [6.07, 6.45) is 0.261. The van der Waals surface area contributed by atoms with E-state index in [1.165, 1.54) is 0 Å². The number of rotatable bonds is 5. The van der Waals surface area contributed by atoms with Crippen molar-refractivity contribution in [3.8, 4) is 11.5 Å². The average molecular weight is 284 g/mol. The summed E-state index contributed by atoms with van der Waals surface area (Å²) in [6.45, 7) is 3.64. The van der Waals surface area contributed by atoms with Gasteiger partial charge in [0.25, 0.3) is 0 Å². The van der Waals surface area contributed by atoms with Crippen LogP contribution < -0.4 is 15.8 Å². The van der Waals surface area contributed by atoms with Gasteiger partial charge in [0.1, 0.15) is 11.5 Å². The molecule has 4 heteroatoms. The van der Waals surface area contributed by atoms with Crippen molar-refractivity contribution in [1.29, 1.82) is 0 Å². The smallest absolute Gasteiger partial charge is 0.226 e. The second-order valence-corrected chi connectivity index (χ2v) is 5.66. The van der Waals surface area contributed by atoms with Crippen molar-refractivity contribution in [2.75, 3.05) is 5.32 Å². The van der Waals surface area contributed by atoms with Crippen LogP contribution >= 0.6 is 0 Å². The van der Waals surface area contributed by atoms with Gasteiger partial charge in [0.05, 0.1) is 0 Å². The van der Waals surface area contributed by atoms with Gasteiger partial charge in [-0.2, -0.15) is 0 Å². The van der Waals surface area contributed by atoms with Gasteiger partial charge in [0, 0.05) is 23.7 Å². The largest absolute Gasteiger partial charge is 0.457 e. The molecule has 0 radical (unpaired) electrons. The molecule has 0 unspecified atom stereocenters. The molecule has 0 aliphatic rings. The number of amides is 1. The first-order chi connectivity index (χ1) is 9.92. The van der Waals surface area contributed by atoms with E-state index >= 15 is 0 Å². The molecule has 0 fully saturated rings. The Morgan fingerprint density at radius 3 is 2.43 bits per heavy atom. The number of para-hydroxylation sites is 1. The molecular formula is C17H20N2O2. The molecule has 2 aromatic carbocycles. The van der Waals surface area contributed by atoms with Crippen molar-refractivity contribution in [1.82, 2.24) is 0 Å². The highest BCUT2D eigenvalue weighted by Gasteiger charge is 2.16. The van der Waals surface area contributed by atoms with Crippen LogP contribution in [0.2, 0.25) is 0 Å². The summed E-state index contributed by atoms with van der Waals surface area (Å²) in [5.74, 6) is 1.31. The second-order valence-electron chi connectivity index (χ2n) is 5.66.